The Morgan fingerprint density at radius 3 is 2.50 bits per heavy atom. The molecule has 0 aromatic heterocycles. The average Bonchev–Trinajstić information content (AvgIpc) is 2.86. The van der Waals surface area contributed by atoms with Crippen LogP contribution in [0.1, 0.15) is 10.4 Å². The first-order valence-electron chi connectivity index (χ1n) is 7.37. The zero-order valence-electron chi connectivity index (χ0n) is 13.2. The van der Waals surface area contributed by atoms with Gasteiger partial charge in [0.1, 0.15) is 11.7 Å². The Morgan fingerprint density at radius 1 is 1.31 bits per heavy atom. The highest BCUT2D eigenvalue weighted by atomic mass is 32.2. The standard InChI is InChI=1S/C14H17F3N2O6S/c15-14(16,17)26(23,24)19-6-10-11(20)13(22,8-25-10)7-18-12(21)9-4-2-1-3-5-9/h1-5,10-11,19-20,22H,6-8H2,(H,18,21)/t10-,11-,13+/m1/s1. The molecular weight excluding hydrogens is 381 g/mol. The summed E-state index contributed by atoms with van der Waals surface area (Å²) < 4.78 is 65.0. The van der Waals surface area contributed by atoms with Gasteiger partial charge >= 0.3 is 15.5 Å². The van der Waals surface area contributed by atoms with Gasteiger partial charge in [-0.25, -0.2) is 13.1 Å². The molecule has 0 saturated carbocycles. The minimum atomic E-state index is -5.60. The Balaban J connectivity index is 1.92. The van der Waals surface area contributed by atoms with E-state index in [1.807, 2.05) is 0 Å². The number of aliphatic hydroxyl groups is 2. The highest BCUT2D eigenvalue weighted by Crippen LogP contribution is 2.26. The van der Waals surface area contributed by atoms with Gasteiger partial charge in [-0.3, -0.25) is 4.79 Å². The summed E-state index contributed by atoms with van der Waals surface area (Å²) in [7, 11) is -5.60. The van der Waals surface area contributed by atoms with E-state index in [2.05, 4.69) is 5.32 Å². The number of sulfonamides is 1. The van der Waals surface area contributed by atoms with Gasteiger partial charge in [0, 0.05) is 12.1 Å². The fourth-order valence-electron chi connectivity index (χ4n) is 2.30. The van der Waals surface area contributed by atoms with E-state index in [4.69, 9.17) is 4.74 Å². The molecule has 1 saturated heterocycles. The van der Waals surface area contributed by atoms with Crippen molar-refractivity contribution in [3.05, 3.63) is 35.9 Å². The zero-order chi connectivity index (χ0) is 19.6. The van der Waals surface area contributed by atoms with Gasteiger partial charge in [0.2, 0.25) is 0 Å². The number of aliphatic hydroxyl groups excluding tert-OH is 1. The summed E-state index contributed by atoms with van der Waals surface area (Å²) in [6, 6.07) is 8.00. The SMILES string of the molecule is O=C(NC[C@]1(O)CO[C@H](CNS(=O)(=O)C(F)(F)F)[C@H]1O)c1ccccc1. The van der Waals surface area contributed by atoms with Crippen LogP contribution >= 0.6 is 0 Å². The molecule has 1 aliphatic rings. The molecular formula is C14H17F3N2O6S. The van der Waals surface area contributed by atoms with Crippen molar-refractivity contribution in [3.8, 4) is 0 Å². The van der Waals surface area contributed by atoms with Crippen molar-refractivity contribution in [3.63, 3.8) is 0 Å². The summed E-state index contributed by atoms with van der Waals surface area (Å²) in [4.78, 5) is 11.9. The number of halogens is 3. The maximum atomic E-state index is 12.3. The summed E-state index contributed by atoms with van der Waals surface area (Å²) in [6.45, 7) is -1.83. The lowest BCUT2D eigenvalue weighted by Gasteiger charge is -2.26. The van der Waals surface area contributed by atoms with Crippen molar-refractivity contribution in [2.45, 2.75) is 23.3 Å². The Kier molecular flexibility index (Phi) is 5.92. The molecule has 3 atom stereocenters. The fraction of sp³-hybridized carbons (Fsp3) is 0.500. The van der Waals surface area contributed by atoms with Gasteiger partial charge in [-0.05, 0) is 12.1 Å². The molecule has 1 amide bonds. The van der Waals surface area contributed by atoms with Crippen LogP contribution in [0.3, 0.4) is 0 Å². The summed E-state index contributed by atoms with van der Waals surface area (Å²) in [5.74, 6) is -0.535. The van der Waals surface area contributed by atoms with E-state index >= 15 is 0 Å². The molecule has 12 heteroatoms. The first kappa shape index (κ1) is 20.6. The summed E-state index contributed by atoms with van der Waals surface area (Å²) >= 11 is 0. The highest BCUT2D eigenvalue weighted by Gasteiger charge is 2.50. The summed E-state index contributed by atoms with van der Waals surface area (Å²) in [5.41, 5.74) is -7.17. The van der Waals surface area contributed by atoms with E-state index in [1.54, 1.807) is 18.2 Å². The quantitative estimate of drug-likeness (QED) is 0.505. The van der Waals surface area contributed by atoms with Crippen LogP contribution in [0.15, 0.2) is 30.3 Å². The Morgan fingerprint density at radius 2 is 1.92 bits per heavy atom. The van der Waals surface area contributed by atoms with E-state index in [-0.39, 0.29) is 0 Å². The molecule has 0 aliphatic carbocycles. The van der Waals surface area contributed by atoms with Gasteiger partial charge in [-0.1, -0.05) is 18.2 Å². The van der Waals surface area contributed by atoms with Gasteiger partial charge in [0.25, 0.3) is 5.91 Å². The number of hydrogen-bond donors (Lipinski definition) is 4. The molecule has 0 radical (unpaired) electrons. The Labute approximate surface area is 147 Å². The molecule has 1 heterocycles. The van der Waals surface area contributed by atoms with E-state index in [0.717, 1.165) is 0 Å². The Hall–Kier alpha value is -1.73. The van der Waals surface area contributed by atoms with Crippen LogP contribution in [0.4, 0.5) is 13.2 Å². The largest absolute Gasteiger partial charge is 0.511 e. The normalized spacial score (nSPS) is 26.7. The van der Waals surface area contributed by atoms with E-state index in [0.29, 0.717) is 5.56 Å². The number of hydrogen-bond acceptors (Lipinski definition) is 6. The first-order valence-corrected chi connectivity index (χ1v) is 8.86. The second kappa shape index (κ2) is 7.48. The van der Waals surface area contributed by atoms with Crippen molar-refractivity contribution in [1.29, 1.82) is 0 Å². The zero-order valence-corrected chi connectivity index (χ0v) is 14.0. The topological polar surface area (TPSA) is 125 Å². The van der Waals surface area contributed by atoms with Gasteiger partial charge in [0.05, 0.1) is 19.3 Å². The number of rotatable bonds is 6. The number of amides is 1. The molecule has 0 unspecified atom stereocenters. The van der Waals surface area contributed by atoms with Crippen LogP contribution in [0.25, 0.3) is 0 Å². The Bertz CT molecular complexity index is 743. The third-order valence-corrected chi connectivity index (χ3v) is 4.98. The minimum absolute atomic E-state index is 0.305. The molecule has 8 nitrogen and oxygen atoms in total. The van der Waals surface area contributed by atoms with E-state index < -0.39 is 58.9 Å². The molecule has 1 aromatic rings. The molecule has 1 aliphatic heterocycles. The predicted octanol–water partition coefficient (Wildman–Crippen LogP) is -0.654. The number of carbonyl (C=O) groups is 1. The number of carbonyl (C=O) groups excluding carboxylic acids is 1. The van der Waals surface area contributed by atoms with E-state index in [9.17, 15) is 36.6 Å². The predicted molar refractivity (Wildman–Crippen MR) is 82.4 cm³/mol. The summed E-state index contributed by atoms with van der Waals surface area (Å²) in [6.07, 6.45) is -3.12. The van der Waals surface area contributed by atoms with Gasteiger partial charge in [0.15, 0.2) is 0 Å². The number of ether oxygens (including phenoxy) is 1. The maximum absolute atomic E-state index is 12.3. The third-order valence-electron chi connectivity index (χ3n) is 3.82. The highest BCUT2D eigenvalue weighted by molar-refractivity contribution is 7.90. The number of alkyl halides is 3. The first-order chi connectivity index (χ1) is 12.0. The molecule has 146 valence electrons. The second-order valence-electron chi connectivity index (χ2n) is 5.74. The van der Waals surface area contributed by atoms with Crippen LogP contribution in [0.5, 0.6) is 0 Å². The lowest BCUT2D eigenvalue weighted by molar-refractivity contribution is -0.0486. The lowest BCUT2D eigenvalue weighted by atomic mass is 9.96. The fourth-order valence-corrected chi connectivity index (χ4v) is 2.85. The van der Waals surface area contributed by atoms with Crippen molar-refractivity contribution in [2.75, 3.05) is 19.7 Å². The molecule has 1 fully saturated rings. The molecule has 2 rings (SSSR count). The number of benzene rings is 1. The monoisotopic (exact) mass is 398 g/mol. The van der Waals surface area contributed by atoms with Crippen LogP contribution in [-0.4, -0.2) is 67.6 Å². The average molecular weight is 398 g/mol. The summed E-state index contributed by atoms with van der Waals surface area (Å²) in [5, 5.41) is 22.8. The van der Waals surface area contributed by atoms with Crippen LogP contribution < -0.4 is 10.0 Å². The third kappa shape index (κ3) is 4.51. The van der Waals surface area contributed by atoms with Crippen LogP contribution in [0, 0.1) is 0 Å². The van der Waals surface area contributed by atoms with Crippen molar-refractivity contribution in [1.82, 2.24) is 10.0 Å². The second-order valence-corrected chi connectivity index (χ2v) is 7.50. The molecule has 4 N–H and O–H groups in total. The van der Waals surface area contributed by atoms with Crippen LogP contribution in [-0.2, 0) is 14.8 Å². The van der Waals surface area contributed by atoms with Crippen molar-refractivity contribution < 1.29 is 41.3 Å². The molecule has 1 aromatic carbocycles. The lowest BCUT2D eigenvalue weighted by Crippen LogP contribution is -2.54. The van der Waals surface area contributed by atoms with Gasteiger partial charge < -0.3 is 20.3 Å². The number of nitrogens with one attached hydrogen (secondary N) is 2. The maximum Gasteiger partial charge on any atom is 0.511 e. The molecule has 0 bridgehead atoms. The van der Waals surface area contributed by atoms with E-state index in [1.165, 1.54) is 16.9 Å². The molecule has 26 heavy (non-hydrogen) atoms. The van der Waals surface area contributed by atoms with Crippen molar-refractivity contribution in [2.24, 2.45) is 0 Å². The van der Waals surface area contributed by atoms with Crippen molar-refractivity contribution >= 4 is 15.9 Å². The minimum Gasteiger partial charge on any atom is -0.387 e. The van der Waals surface area contributed by atoms with Crippen LogP contribution in [0.2, 0.25) is 0 Å². The van der Waals surface area contributed by atoms with Gasteiger partial charge in [-0.2, -0.15) is 13.2 Å². The molecule has 0 spiro atoms. The van der Waals surface area contributed by atoms with Gasteiger partial charge in [-0.15, -0.1) is 0 Å². The smallest absolute Gasteiger partial charge is 0.387 e.